The highest BCUT2D eigenvalue weighted by Crippen LogP contribution is 2.15. The molecular formula is C14H20ClN3O2. The third kappa shape index (κ3) is 5.48. The molecule has 0 bridgehead atoms. The molecule has 2 N–H and O–H groups in total. The summed E-state index contributed by atoms with van der Waals surface area (Å²) in [5.74, 6) is -0.417. The first kappa shape index (κ1) is 16.3. The van der Waals surface area contributed by atoms with Crippen LogP contribution in [0.1, 0.15) is 13.3 Å². The van der Waals surface area contributed by atoms with Gasteiger partial charge in [0.25, 0.3) is 0 Å². The van der Waals surface area contributed by atoms with Crippen molar-refractivity contribution in [2.45, 2.75) is 18.7 Å². The normalized spacial score (nSPS) is 11.6. The fraction of sp³-hybridized carbons (Fsp3) is 0.429. The lowest BCUT2D eigenvalue weighted by Gasteiger charge is -2.13. The lowest BCUT2D eigenvalue weighted by molar-refractivity contribution is -0.120. The predicted octanol–water partition coefficient (Wildman–Crippen LogP) is 1.82. The fourth-order valence-corrected chi connectivity index (χ4v) is 1.58. The quantitative estimate of drug-likeness (QED) is 0.788. The minimum Gasteiger partial charge on any atom is -0.378 e. The van der Waals surface area contributed by atoms with Gasteiger partial charge in [-0.05, 0) is 31.2 Å². The van der Waals surface area contributed by atoms with Crippen molar-refractivity contribution in [3.63, 3.8) is 0 Å². The van der Waals surface area contributed by atoms with Gasteiger partial charge >= 0.3 is 0 Å². The maximum Gasteiger partial charge on any atom is 0.237 e. The van der Waals surface area contributed by atoms with Gasteiger partial charge in [-0.3, -0.25) is 9.59 Å². The highest BCUT2D eigenvalue weighted by molar-refractivity contribution is 6.30. The molecule has 0 aliphatic heterocycles. The van der Waals surface area contributed by atoms with E-state index in [0.29, 0.717) is 0 Å². The van der Waals surface area contributed by atoms with Gasteiger partial charge in [-0.2, -0.15) is 0 Å². The summed E-state index contributed by atoms with van der Waals surface area (Å²) < 4.78 is 0. The first-order valence-electron chi connectivity index (χ1n) is 6.39. The van der Waals surface area contributed by atoms with Gasteiger partial charge in [-0.15, -0.1) is 11.6 Å². The van der Waals surface area contributed by atoms with Gasteiger partial charge in [0.1, 0.15) is 5.38 Å². The summed E-state index contributed by atoms with van der Waals surface area (Å²) in [6.07, 6.45) is 0.213. The molecule has 20 heavy (non-hydrogen) atoms. The molecule has 0 spiro atoms. The van der Waals surface area contributed by atoms with Crippen molar-refractivity contribution < 1.29 is 9.59 Å². The number of halogens is 1. The number of hydrogen-bond acceptors (Lipinski definition) is 3. The number of carbonyl (C=O) groups excluding carboxylic acids is 2. The maximum atomic E-state index is 11.7. The van der Waals surface area contributed by atoms with Crippen LogP contribution in [0.15, 0.2) is 24.3 Å². The van der Waals surface area contributed by atoms with Gasteiger partial charge in [-0.25, -0.2) is 0 Å². The zero-order valence-corrected chi connectivity index (χ0v) is 12.7. The van der Waals surface area contributed by atoms with E-state index in [9.17, 15) is 9.59 Å². The first-order valence-corrected chi connectivity index (χ1v) is 6.83. The Morgan fingerprint density at radius 3 is 2.35 bits per heavy atom. The summed E-state index contributed by atoms with van der Waals surface area (Å²) in [6.45, 7) is 1.86. The van der Waals surface area contributed by atoms with E-state index < -0.39 is 5.38 Å². The highest BCUT2D eigenvalue weighted by Gasteiger charge is 2.09. The number of hydrogen-bond donors (Lipinski definition) is 2. The maximum absolute atomic E-state index is 11.7. The zero-order valence-electron chi connectivity index (χ0n) is 11.9. The molecule has 0 aliphatic rings. The molecule has 0 aromatic heterocycles. The SMILES string of the molecule is C[C@@H](Cl)C(=O)NCCC(=O)Nc1ccc(N(C)C)cc1. The predicted molar refractivity (Wildman–Crippen MR) is 82.3 cm³/mol. The number of nitrogens with zero attached hydrogens (tertiary/aromatic N) is 1. The summed E-state index contributed by atoms with van der Waals surface area (Å²) in [4.78, 5) is 24.9. The molecule has 1 aromatic rings. The van der Waals surface area contributed by atoms with E-state index in [1.54, 1.807) is 6.92 Å². The molecule has 1 atom stereocenters. The summed E-state index contributed by atoms with van der Waals surface area (Å²) >= 11 is 5.60. The molecule has 0 saturated carbocycles. The topological polar surface area (TPSA) is 61.4 Å². The lowest BCUT2D eigenvalue weighted by atomic mass is 10.2. The molecule has 0 aliphatic carbocycles. The Hall–Kier alpha value is -1.75. The van der Waals surface area contributed by atoms with E-state index in [4.69, 9.17) is 11.6 Å². The second kappa shape index (κ2) is 7.75. The van der Waals surface area contributed by atoms with Crippen LogP contribution < -0.4 is 15.5 Å². The van der Waals surface area contributed by atoms with Gasteiger partial charge < -0.3 is 15.5 Å². The highest BCUT2D eigenvalue weighted by atomic mass is 35.5. The number of benzene rings is 1. The van der Waals surface area contributed by atoms with E-state index >= 15 is 0 Å². The Morgan fingerprint density at radius 2 is 1.85 bits per heavy atom. The molecule has 5 nitrogen and oxygen atoms in total. The van der Waals surface area contributed by atoms with Gasteiger partial charge in [0, 0.05) is 38.4 Å². The zero-order chi connectivity index (χ0) is 15.1. The van der Waals surface area contributed by atoms with Crippen LogP contribution in [-0.4, -0.2) is 37.8 Å². The van der Waals surface area contributed by atoms with Crippen LogP contribution in [0.4, 0.5) is 11.4 Å². The van der Waals surface area contributed by atoms with Crippen LogP contribution in [0.25, 0.3) is 0 Å². The smallest absolute Gasteiger partial charge is 0.237 e. The van der Waals surface area contributed by atoms with E-state index in [0.717, 1.165) is 11.4 Å². The molecule has 1 rings (SSSR count). The van der Waals surface area contributed by atoms with Crippen LogP contribution in [0.5, 0.6) is 0 Å². The van der Waals surface area contributed by atoms with Crippen molar-refractivity contribution >= 4 is 34.8 Å². The number of nitrogens with one attached hydrogen (secondary N) is 2. The van der Waals surface area contributed by atoms with Crippen molar-refractivity contribution in [3.8, 4) is 0 Å². The third-order valence-corrected chi connectivity index (χ3v) is 2.88. The first-order chi connectivity index (χ1) is 9.40. The van der Waals surface area contributed by atoms with E-state index in [-0.39, 0.29) is 24.8 Å². The standard InChI is InChI=1S/C14H20ClN3O2/c1-10(15)14(20)16-9-8-13(19)17-11-4-6-12(7-5-11)18(2)3/h4-7,10H,8-9H2,1-3H3,(H,16,20)(H,17,19)/t10-/m1/s1. The lowest BCUT2D eigenvalue weighted by Crippen LogP contribution is -2.32. The minimum atomic E-state index is -0.586. The van der Waals surface area contributed by atoms with Gasteiger partial charge in [0.05, 0.1) is 0 Å². The molecule has 110 valence electrons. The molecule has 6 heteroatoms. The van der Waals surface area contributed by atoms with Crippen molar-refractivity contribution in [1.82, 2.24) is 5.32 Å². The molecule has 0 unspecified atom stereocenters. The van der Waals surface area contributed by atoms with Crippen LogP contribution in [0.3, 0.4) is 0 Å². The average Bonchev–Trinajstić information content (AvgIpc) is 2.39. The van der Waals surface area contributed by atoms with Gasteiger partial charge in [0.2, 0.25) is 11.8 Å². The summed E-state index contributed by atoms with van der Waals surface area (Å²) in [5.41, 5.74) is 1.80. The van der Waals surface area contributed by atoms with Gasteiger partial charge in [0.15, 0.2) is 0 Å². The van der Waals surface area contributed by atoms with Crippen LogP contribution in [0, 0.1) is 0 Å². The number of amides is 2. The Balaban J connectivity index is 2.37. The van der Waals surface area contributed by atoms with E-state index in [1.807, 2.05) is 43.3 Å². The molecular weight excluding hydrogens is 278 g/mol. The molecule has 2 amide bonds. The van der Waals surface area contributed by atoms with Crippen LogP contribution in [0.2, 0.25) is 0 Å². The van der Waals surface area contributed by atoms with E-state index in [1.165, 1.54) is 0 Å². The number of carbonyl (C=O) groups is 2. The van der Waals surface area contributed by atoms with Crippen molar-refractivity contribution in [2.75, 3.05) is 30.9 Å². The van der Waals surface area contributed by atoms with Crippen LogP contribution in [-0.2, 0) is 9.59 Å². The second-order valence-corrected chi connectivity index (χ2v) is 5.30. The Labute approximate surface area is 124 Å². The average molecular weight is 298 g/mol. The van der Waals surface area contributed by atoms with Crippen molar-refractivity contribution in [3.05, 3.63) is 24.3 Å². The molecule has 0 fully saturated rings. The van der Waals surface area contributed by atoms with E-state index in [2.05, 4.69) is 10.6 Å². The largest absolute Gasteiger partial charge is 0.378 e. The molecule has 0 heterocycles. The monoisotopic (exact) mass is 297 g/mol. The van der Waals surface area contributed by atoms with Gasteiger partial charge in [-0.1, -0.05) is 0 Å². The Morgan fingerprint density at radius 1 is 1.25 bits per heavy atom. The summed E-state index contributed by atoms with van der Waals surface area (Å²) in [7, 11) is 3.91. The molecule has 0 saturated heterocycles. The second-order valence-electron chi connectivity index (χ2n) is 4.65. The number of alkyl halides is 1. The summed E-state index contributed by atoms with van der Waals surface area (Å²) in [5, 5.41) is 4.77. The third-order valence-electron chi connectivity index (χ3n) is 2.68. The number of anilines is 2. The van der Waals surface area contributed by atoms with Crippen LogP contribution >= 0.6 is 11.6 Å². The number of rotatable bonds is 6. The van der Waals surface area contributed by atoms with Crippen molar-refractivity contribution in [1.29, 1.82) is 0 Å². The Bertz CT molecular complexity index is 458. The Kier molecular flexibility index (Phi) is 6.31. The fourth-order valence-electron chi connectivity index (χ4n) is 1.51. The van der Waals surface area contributed by atoms with Crippen molar-refractivity contribution in [2.24, 2.45) is 0 Å². The molecule has 0 radical (unpaired) electrons. The molecule has 1 aromatic carbocycles. The summed E-state index contributed by atoms with van der Waals surface area (Å²) in [6, 6.07) is 7.53. The minimum absolute atomic E-state index is 0.148.